The summed E-state index contributed by atoms with van der Waals surface area (Å²) < 4.78 is 5.07. The van der Waals surface area contributed by atoms with E-state index in [2.05, 4.69) is 45.7 Å². The Kier molecular flexibility index (Phi) is 4.61. The summed E-state index contributed by atoms with van der Waals surface area (Å²) in [5, 5.41) is 11.0. The highest BCUT2D eigenvalue weighted by Crippen LogP contribution is 2.38. The van der Waals surface area contributed by atoms with Crippen LogP contribution >= 0.6 is 10.5 Å². The highest BCUT2D eigenvalue weighted by atomic mass is 32.2. The van der Waals surface area contributed by atoms with Crippen molar-refractivity contribution in [3.05, 3.63) is 35.5 Å². The lowest BCUT2D eigenvalue weighted by molar-refractivity contribution is -0.135. The number of H-pyrrole nitrogens is 1. The van der Waals surface area contributed by atoms with Crippen molar-refractivity contribution >= 4 is 34.3 Å². The maximum absolute atomic E-state index is 10.4. The summed E-state index contributed by atoms with van der Waals surface area (Å²) in [6.07, 6.45) is 5.08. The maximum Gasteiger partial charge on any atom is 0.293 e. The van der Waals surface area contributed by atoms with Gasteiger partial charge in [0.15, 0.2) is 5.82 Å². The van der Waals surface area contributed by atoms with E-state index in [1.807, 2.05) is 0 Å². The van der Waals surface area contributed by atoms with Crippen molar-refractivity contribution in [2.24, 2.45) is 0 Å². The number of hydrogen-bond acceptors (Lipinski definition) is 4. The molecule has 1 aliphatic carbocycles. The number of aromatic nitrogens is 2. The molecule has 0 spiro atoms. The van der Waals surface area contributed by atoms with Gasteiger partial charge in [-0.25, -0.2) is 0 Å². The highest BCUT2D eigenvalue weighted by Gasteiger charge is 2.24. The van der Waals surface area contributed by atoms with Crippen molar-refractivity contribution in [3.63, 3.8) is 0 Å². The molecule has 1 aliphatic heterocycles. The van der Waals surface area contributed by atoms with Crippen LogP contribution in [0.5, 0.6) is 0 Å². The summed E-state index contributed by atoms with van der Waals surface area (Å²) >= 11 is 0. The highest BCUT2D eigenvalue weighted by molar-refractivity contribution is 8.14. The van der Waals surface area contributed by atoms with Crippen LogP contribution in [0, 0.1) is 0 Å². The van der Waals surface area contributed by atoms with Gasteiger partial charge in [0.1, 0.15) is 6.10 Å². The molecule has 132 valence electrons. The summed E-state index contributed by atoms with van der Waals surface area (Å²) in [6, 6.07) is 8.64. The number of carbonyl (C=O) groups excluding carboxylic acids is 1. The van der Waals surface area contributed by atoms with Gasteiger partial charge in [-0.2, -0.15) is 15.6 Å². The van der Waals surface area contributed by atoms with Crippen LogP contribution in [0.1, 0.15) is 42.9 Å². The summed E-state index contributed by atoms with van der Waals surface area (Å²) in [5.41, 5.74) is 3.65. The average molecular weight is 357 g/mol. The minimum Gasteiger partial charge on any atom is -0.465 e. The fraction of sp³-hybridized carbons (Fsp3) is 0.421. The second-order valence-electron chi connectivity index (χ2n) is 6.81. The fourth-order valence-corrected chi connectivity index (χ4v) is 5.30. The second-order valence-corrected chi connectivity index (χ2v) is 8.64. The summed E-state index contributed by atoms with van der Waals surface area (Å²) in [4.78, 5) is 11.8. The molecule has 2 aliphatic rings. The van der Waals surface area contributed by atoms with E-state index in [1.54, 1.807) is 0 Å². The van der Waals surface area contributed by atoms with Gasteiger partial charge in [0.05, 0.1) is 0 Å². The van der Waals surface area contributed by atoms with Gasteiger partial charge in [-0.05, 0) is 61.6 Å². The third kappa shape index (κ3) is 3.49. The first-order valence-electron chi connectivity index (χ1n) is 8.78. The van der Waals surface area contributed by atoms with Gasteiger partial charge >= 0.3 is 0 Å². The molecule has 2 N–H and O–H groups in total. The third-order valence-corrected chi connectivity index (χ3v) is 6.94. The zero-order valence-electron chi connectivity index (χ0n) is 14.2. The Morgan fingerprint density at radius 1 is 1.28 bits per heavy atom. The van der Waals surface area contributed by atoms with Gasteiger partial charge in [-0.15, -0.1) is 0 Å². The van der Waals surface area contributed by atoms with E-state index in [1.165, 1.54) is 16.2 Å². The number of benzene rings is 1. The van der Waals surface area contributed by atoms with Crippen molar-refractivity contribution in [2.75, 3.05) is 11.1 Å². The standard InChI is InChI=1S/C19H23N3O2S/c1-25-9-8-14-10-15(4-7-18(14)25)20-19-11-17(21-22-19)13-2-5-16(6-3-13)24-12-23/h4,7,10-13,16H,1-3,5-6,8-9H2,(H2,20,21,22). The van der Waals surface area contributed by atoms with Crippen molar-refractivity contribution < 1.29 is 9.53 Å². The smallest absolute Gasteiger partial charge is 0.293 e. The molecular formula is C19H23N3O2S. The van der Waals surface area contributed by atoms with Gasteiger partial charge < -0.3 is 10.1 Å². The number of rotatable bonds is 5. The lowest BCUT2D eigenvalue weighted by Gasteiger charge is -2.26. The summed E-state index contributed by atoms with van der Waals surface area (Å²) in [5.74, 6) is 6.71. The van der Waals surface area contributed by atoms with Gasteiger partial charge in [-0.3, -0.25) is 9.89 Å². The first-order chi connectivity index (χ1) is 12.2. The average Bonchev–Trinajstić information content (AvgIpc) is 3.23. The number of nitrogens with one attached hydrogen (secondary N) is 2. The van der Waals surface area contributed by atoms with Crippen molar-refractivity contribution in [2.45, 2.75) is 49.0 Å². The maximum atomic E-state index is 10.4. The van der Waals surface area contributed by atoms with E-state index in [0.29, 0.717) is 12.4 Å². The zero-order valence-corrected chi connectivity index (χ0v) is 15.0. The van der Waals surface area contributed by atoms with Crippen LogP contribution in [0.4, 0.5) is 11.5 Å². The predicted molar refractivity (Wildman–Crippen MR) is 102 cm³/mol. The monoisotopic (exact) mass is 357 g/mol. The second kappa shape index (κ2) is 7.04. The molecule has 1 aromatic heterocycles. The zero-order chi connectivity index (χ0) is 17.2. The fourth-order valence-electron chi connectivity index (χ4n) is 3.82. The van der Waals surface area contributed by atoms with Gasteiger partial charge in [0.25, 0.3) is 6.47 Å². The summed E-state index contributed by atoms with van der Waals surface area (Å²) in [6.45, 7) is 0.567. The topological polar surface area (TPSA) is 67.0 Å². The molecule has 2 aromatic rings. The van der Waals surface area contributed by atoms with E-state index < -0.39 is 0 Å². The molecule has 1 aromatic carbocycles. The normalized spacial score (nSPS) is 25.4. The molecule has 0 bridgehead atoms. The molecule has 6 heteroatoms. The number of nitrogens with zero attached hydrogens (tertiary/aromatic N) is 1. The number of hydrogen-bond donors (Lipinski definition) is 2. The minimum absolute atomic E-state index is 0.0817. The molecule has 1 saturated carbocycles. The predicted octanol–water partition coefficient (Wildman–Crippen LogP) is 3.97. The van der Waals surface area contributed by atoms with Gasteiger partial charge in [0.2, 0.25) is 0 Å². The van der Waals surface area contributed by atoms with E-state index in [9.17, 15) is 4.79 Å². The Bertz CT molecular complexity index is 794. The van der Waals surface area contributed by atoms with E-state index in [-0.39, 0.29) is 16.6 Å². The molecule has 4 rings (SSSR count). The molecule has 5 nitrogen and oxygen atoms in total. The van der Waals surface area contributed by atoms with Crippen LogP contribution in [0.2, 0.25) is 0 Å². The number of ether oxygens (including phenoxy) is 1. The SMILES string of the molecule is C=S1CCc2cc(Nc3cc(C4CCC(OC=O)CC4)[nH]n3)ccc21. The van der Waals surface area contributed by atoms with Crippen LogP contribution in [-0.2, 0) is 16.0 Å². The largest absolute Gasteiger partial charge is 0.465 e. The number of aromatic amines is 1. The number of anilines is 2. The first kappa shape index (κ1) is 16.4. The molecular weight excluding hydrogens is 334 g/mol. The summed E-state index contributed by atoms with van der Waals surface area (Å²) in [7, 11) is 0.162. The van der Waals surface area contributed by atoms with E-state index in [0.717, 1.165) is 49.3 Å². The Hall–Kier alpha value is -2.08. The Balaban J connectivity index is 1.40. The molecule has 1 atom stereocenters. The van der Waals surface area contributed by atoms with Crippen LogP contribution in [-0.4, -0.2) is 34.4 Å². The molecule has 2 heterocycles. The van der Waals surface area contributed by atoms with Crippen LogP contribution < -0.4 is 5.32 Å². The van der Waals surface area contributed by atoms with Crippen molar-refractivity contribution in [3.8, 4) is 0 Å². The number of aryl methyl sites for hydroxylation is 1. The molecule has 1 fully saturated rings. The number of carbonyl (C=O) groups is 1. The van der Waals surface area contributed by atoms with Gasteiger partial charge in [-0.1, -0.05) is 5.87 Å². The molecule has 1 unspecified atom stereocenters. The van der Waals surface area contributed by atoms with Crippen LogP contribution in [0.25, 0.3) is 0 Å². The Labute approximate surface area is 150 Å². The van der Waals surface area contributed by atoms with Crippen molar-refractivity contribution in [1.82, 2.24) is 10.2 Å². The molecule has 0 amide bonds. The van der Waals surface area contributed by atoms with E-state index >= 15 is 0 Å². The van der Waals surface area contributed by atoms with E-state index in [4.69, 9.17) is 4.74 Å². The van der Waals surface area contributed by atoms with Crippen LogP contribution in [0.3, 0.4) is 0 Å². The van der Waals surface area contributed by atoms with Gasteiger partial charge in [0, 0.05) is 28.3 Å². The van der Waals surface area contributed by atoms with Crippen molar-refractivity contribution in [1.29, 1.82) is 0 Å². The lowest BCUT2D eigenvalue weighted by Crippen LogP contribution is -2.20. The first-order valence-corrected chi connectivity index (χ1v) is 10.3. The third-order valence-electron chi connectivity index (χ3n) is 5.22. The number of fused-ring (bicyclic) bond motifs is 1. The quantitative estimate of drug-likeness (QED) is 0.628. The minimum atomic E-state index is 0.0817. The lowest BCUT2D eigenvalue weighted by atomic mass is 9.85. The Morgan fingerprint density at radius 3 is 2.92 bits per heavy atom. The molecule has 0 saturated heterocycles. The molecule has 25 heavy (non-hydrogen) atoms. The Morgan fingerprint density at radius 2 is 2.12 bits per heavy atom. The molecule has 0 radical (unpaired) electrons. The van der Waals surface area contributed by atoms with Crippen LogP contribution in [0.15, 0.2) is 29.2 Å².